The molecule has 94 valence electrons. The lowest BCUT2D eigenvalue weighted by atomic mass is 10.2. The van der Waals surface area contributed by atoms with Gasteiger partial charge in [-0.3, -0.25) is 4.79 Å². The standard InChI is InChI=1S/C14H9IN2O2/c15-9-5-7-10(8-6-9)17-13(18)11-3-1-2-4-12(11)16-14(17)19/h1-8H,(H,16,19). The van der Waals surface area contributed by atoms with Gasteiger partial charge >= 0.3 is 5.69 Å². The summed E-state index contributed by atoms with van der Waals surface area (Å²) in [7, 11) is 0. The van der Waals surface area contributed by atoms with Crippen molar-refractivity contribution < 1.29 is 0 Å². The van der Waals surface area contributed by atoms with Crippen LogP contribution in [0.25, 0.3) is 16.6 Å². The summed E-state index contributed by atoms with van der Waals surface area (Å²) in [5, 5.41) is 0.501. The molecule has 0 fully saturated rings. The largest absolute Gasteiger partial charge is 0.333 e. The number of rotatable bonds is 1. The molecule has 0 unspecified atom stereocenters. The van der Waals surface area contributed by atoms with E-state index in [1.807, 2.05) is 12.1 Å². The molecule has 0 aliphatic carbocycles. The fraction of sp³-hybridized carbons (Fsp3) is 0. The molecule has 0 bridgehead atoms. The molecule has 0 aliphatic heterocycles. The van der Waals surface area contributed by atoms with E-state index in [1.54, 1.807) is 36.4 Å². The van der Waals surface area contributed by atoms with Crippen LogP contribution in [0.1, 0.15) is 0 Å². The van der Waals surface area contributed by atoms with Gasteiger partial charge in [0.05, 0.1) is 16.6 Å². The highest BCUT2D eigenvalue weighted by atomic mass is 127. The Bertz CT molecular complexity index is 863. The zero-order valence-electron chi connectivity index (χ0n) is 9.76. The molecule has 0 saturated heterocycles. The van der Waals surface area contributed by atoms with Crippen molar-refractivity contribution in [3.63, 3.8) is 0 Å². The number of hydrogen-bond donors (Lipinski definition) is 1. The number of fused-ring (bicyclic) bond motifs is 1. The second-order valence-electron chi connectivity index (χ2n) is 4.09. The van der Waals surface area contributed by atoms with Gasteiger partial charge in [0.15, 0.2) is 0 Å². The van der Waals surface area contributed by atoms with E-state index in [-0.39, 0.29) is 5.56 Å². The van der Waals surface area contributed by atoms with Gasteiger partial charge in [-0.15, -0.1) is 0 Å². The third-order valence-corrected chi connectivity index (χ3v) is 3.61. The minimum atomic E-state index is -0.426. The maximum Gasteiger partial charge on any atom is 0.333 e. The van der Waals surface area contributed by atoms with Crippen LogP contribution in [0.2, 0.25) is 0 Å². The van der Waals surface area contributed by atoms with E-state index in [0.717, 1.165) is 8.14 Å². The Balaban J connectivity index is 2.39. The average Bonchev–Trinajstić information content (AvgIpc) is 2.41. The second kappa shape index (κ2) is 4.65. The van der Waals surface area contributed by atoms with Crippen molar-refractivity contribution in [1.82, 2.24) is 9.55 Å². The summed E-state index contributed by atoms with van der Waals surface area (Å²) in [4.78, 5) is 27.1. The van der Waals surface area contributed by atoms with Gasteiger partial charge in [0.25, 0.3) is 5.56 Å². The number of para-hydroxylation sites is 1. The molecule has 0 saturated carbocycles. The first-order chi connectivity index (χ1) is 9.16. The number of hydrogen-bond acceptors (Lipinski definition) is 2. The van der Waals surface area contributed by atoms with E-state index >= 15 is 0 Å². The Labute approximate surface area is 121 Å². The number of halogens is 1. The quantitative estimate of drug-likeness (QED) is 0.674. The van der Waals surface area contributed by atoms with Crippen molar-refractivity contribution in [2.24, 2.45) is 0 Å². The van der Waals surface area contributed by atoms with Crippen LogP contribution in [0.5, 0.6) is 0 Å². The Hall–Kier alpha value is -1.89. The van der Waals surface area contributed by atoms with Crippen LogP contribution in [0.4, 0.5) is 0 Å². The number of aromatic amines is 1. The van der Waals surface area contributed by atoms with Crippen molar-refractivity contribution >= 4 is 33.5 Å². The number of H-pyrrole nitrogens is 1. The molecule has 1 N–H and O–H groups in total. The third-order valence-electron chi connectivity index (χ3n) is 2.89. The van der Waals surface area contributed by atoms with Gasteiger partial charge in [0.2, 0.25) is 0 Å². The summed E-state index contributed by atoms with van der Waals surface area (Å²) in [5.41, 5.74) is 0.391. The summed E-state index contributed by atoms with van der Waals surface area (Å²) in [6, 6.07) is 14.2. The van der Waals surface area contributed by atoms with Gasteiger partial charge in [-0.2, -0.15) is 0 Å². The van der Waals surface area contributed by atoms with Crippen molar-refractivity contribution in [3.05, 3.63) is 72.9 Å². The molecule has 2 aromatic carbocycles. The summed E-state index contributed by atoms with van der Waals surface area (Å²) < 4.78 is 2.20. The topological polar surface area (TPSA) is 54.9 Å². The molecule has 0 amide bonds. The SMILES string of the molecule is O=c1[nH]c2ccccc2c(=O)n1-c1ccc(I)cc1. The Morgan fingerprint density at radius 1 is 0.947 bits per heavy atom. The zero-order chi connectivity index (χ0) is 13.4. The van der Waals surface area contributed by atoms with Crippen LogP contribution in [0.3, 0.4) is 0 Å². The first-order valence-corrected chi connectivity index (χ1v) is 6.75. The smallest absolute Gasteiger partial charge is 0.306 e. The highest BCUT2D eigenvalue weighted by Crippen LogP contribution is 2.10. The molecule has 1 aromatic heterocycles. The fourth-order valence-electron chi connectivity index (χ4n) is 1.99. The molecule has 0 spiro atoms. The lowest BCUT2D eigenvalue weighted by Crippen LogP contribution is -2.33. The van der Waals surface area contributed by atoms with Gasteiger partial charge in [-0.05, 0) is 59.0 Å². The molecular weight excluding hydrogens is 355 g/mol. The van der Waals surface area contributed by atoms with Crippen LogP contribution < -0.4 is 11.2 Å². The van der Waals surface area contributed by atoms with Crippen molar-refractivity contribution in [1.29, 1.82) is 0 Å². The highest BCUT2D eigenvalue weighted by Gasteiger charge is 2.08. The number of nitrogens with zero attached hydrogens (tertiary/aromatic N) is 1. The van der Waals surface area contributed by atoms with Crippen LogP contribution in [0.15, 0.2) is 58.1 Å². The maximum absolute atomic E-state index is 12.4. The van der Waals surface area contributed by atoms with E-state index in [0.29, 0.717) is 16.6 Å². The molecule has 4 nitrogen and oxygen atoms in total. The minimum absolute atomic E-state index is 0.305. The molecule has 19 heavy (non-hydrogen) atoms. The molecular formula is C14H9IN2O2. The van der Waals surface area contributed by atoms with E-state index in [4.69, 9.17) is 0 Å². The zero-order valence-corrected chi connectivity index (χ0v) is 11.9. The highest BCUT2D eigenvalue weighted by molar-refractivity contribution is 14.1. The van der Waals surface area contributed by atoms with Gasteiger partial charge in [-0.1, -0.05) is 12.1 Å². The van der Waals surface area contributed by atoms with Crippen LogP contribution >= 0.6 is 22.6 Å². The molecule has 0 aliphatic rings. The number of aromatic nitrogens is 2. The summed E-state index contributed by atoms with van der Waals surface area (Å²) in [5.74, 6) is 0. The van der Waals surface area contributed by atoms with Crippen molar-refractivity contribution in [3.8, 4) is 5.69 Å². The molecule has 3 rings (SSSR count). The first kappa shape index (κ1) is 12.2. The van der Waals surface area contributed by atoms with Crippen molar-refractivity contribution in [2.75, 3.05) is 0 Å². The average molecular weight is 364 g/mol. The Kier molecular flexibility index (Phi) is 2.98. The Morgan fingerprint density at radius 3 is 2.37 bits per heavy atom. The molecule has 5 heteroatoms. The first-order valence-electron chi connectivity index (χ1n) is 5.67. The maximum atomic E-state index is 12.4. The van der Waals surface area contributed by atoms with E-state index < -0.39 is 5.69 Å². The van der Waals surface area contributed by atoms with Gasteiger partial charge in [-0.25, -0.2) is 9.36 Å². The second-order valence-corrected chi connectivity index (χ2v) is 5.34. The summed E-state index contributed by atoms with van der Waals surface area (Å²) in [6.45, 7) is 0. The van der Waals surface area contributed by atoms with Gasteiger partial charge in [0, 0.05) is 3.57 Å². The summed E-state index contributed by atoms with van der Waals surface area (Å²) in [6.07, 6.45) is 0. The predicted octanol–water partition coefficient (Wildman–Crippen LogP) is 2.28. The molecule has 1 heterocycles. The van der Waals surface area contributed by atoms with E-state index in [2.05, 4.69) is 27.6 Å². The molecule has 3 aromatic rings. The Morgan fingerprint density at radius 2 is 1.63 bits per heavy atom. The van der Waals surface area contributed by atoms with E-state index in [1.165, 1.54) is 0 Å². The van der Waals surface area contributed by atoms with Crippen molar-refractivity contribution in [2.45, 2.75) is 0 Å². The lowest BCUT2D eigenvalue weighted by molar-refractivity contribution is 0.901. The molecule has 0 radical (unpaired) electrons. The van der Waals surface area contributed by atoms with Crippen LogP contribution in [0, 0.1) is 3.57 Å². The van der Waals surface area contributed by atoms with Crippen LogP contribution in [-0.2, 0) is 0 Å². The third kappa shape index (κ3) is 2.10. The minimum Gasteiger partial charge on any atom is -0.306 e. The fourth-order valence-corrected chi connectivity index (χ4v) is 2.35. The van der Waals surface area contributed by atoms with E-state index in [9.17, 15) is 9.59 Å². The molecule has 0 atom stereocenters. The summed E-state index contributed by atoms with van der Waals surface area (Å²) >= 11 is 2.17. The number of nitrogens with one attached hydrogen (secondary N) is 1. The van der Waals surface area contributed by atoms with Gasteiger partial charge < -0.3 is 4.98 Å². The predicted molar refractivity (Wildman–Crippen MR) is 82.9 cm³/mol. The van der Waals surface area contributed by atoms with Gasteiger partial charge in [0.1, 0.15) is 0 Å². The lowest BCUT2D eigenvalue weighted by Gasteiger charge is -2.06. The number of benzene rings is 2. The normalized spacial score (nSPS) is 10.8. The van der Waals surface area contributed by atoms with Crippen LogP contribution in [-0.4, -0.2) is 9.55 Å². The monoisotopic (exact) mass is 364 g/mol.